The number of β-amino-alcohol motifs (C(OH)–C–C–N with tert-alkyl or cyclic N) is 1. The van der Waals surface area contributed by atoms with Crippen LogP contribution in [0.5, 0.6) is 5.75 Å². The summed E-state index contributed by atoms with van der Waals surface area (Å²) in [4.78, 5) is 136. The number of aromatic nitrogens is 1. The number of likely N-dealkylation sites (tertiary alicyclic amines) is 1. The highest BCUT2D eigenvalue weighted by atomic mass is 35.5. The van der Waals surface area contributed by atoms with Crippen LogP contribution in [-0.4, -0.2) is 121 Å². The number of fused-ring (bicyclic) bond motifs is 1. The van der Waals surface area contributed by atoms with Crippen molar-refractivity contribution in [3.05, 3.63) is 140 Å². The molecule has 4 heterocycles. The van der Waals surface area contributed by atoms with Gasteiger partial charge in [0.25, 0.3) is 5.52 Å². The van der Waals surface area contributed by atoms with Gasteiger partial charge in [0, 0.05) is 49.8 Å². The molecule has 4 aromatic carbocycles. The van der Waals surface area contributed by atoms with Crippen molar-refractivity contribution in [3.63, 3.8) is 0 Å². The third-order valence-electron chi connectivity index (χ3n) is 16.4. The zero-order valence-corrected chi connectivity index (χ0v) is 51.4. The monoisotopic (exact) mass is 1250 g/mol. The maximum Gasteiger partial charge on any atom is 0.396 e. The van der Waals surface area contributed by atoms with Gasteiger partial charge in [-0.15, -0.1) is 11.3 Å². The number of rotatable bonds is 23. The molecule has 7 atom stereocenters. The number of aryl methyl sites for hydroxylation is 3. The topological polar surface area (TPSA) is 317 Å². The lowest BCUT2D eigenvalue weighted by Gasteiger charge is -2.35. The lowest BCUT2D eigenvalue weighted by atomic mass is 9.85. The average molecular weight is 1250 g/mol. The molecule has 24 heteroatoms. The molecule has 1 aromatic heterocycles. The second-order valence-electron chi connectivity index (χ2n) is 23.9. The largest absolute Gasteiger partial charge is 0.490 e. The molecule has 0 bridgehead atoms. The first-order valence-electron chi connectivity index (χ1n) is 29.0. The van der Waals surface area contributed by atoms with Gasteiger partial charge in [0.1, 0.15) is 36.5 Å². The van der Waals surface area contributed by atoms with Gasteiger partial charge in [0.2, 0.25) is 41.4 Å². The fourth-order valence-corrected chi connectivity index (χ4v) is 13.3. The number of para-hydroxylation sites is 1. The number of nitrogens with zero attached hydrogens (tertiary/aromatic N) is 3. The fourth-order valence-electron chi connectivity index (χ4n) is 11.7. The van der Waals surface area contributed by atoms with Gasteiger partial charge in [-0.2, -0.15) is 0 Å². The SMILES string of the molecule is Cc1ncsc1-c1ccc([C@H](C)NC(=O)[C@@H]2C[C@@H](O)CN2C(=O)[C@@H](NC(=O)CCCCc2cccc(OC[C@H](CCC(N)=O)NC(=O)[C@@H]3Cc4cccc5c4N3C(=O)[C@@H](NC(=O)C3=Cc4cc(C(=O)P(=O)(O)O)ccc4C3)CC5)c2Cl)C(C)(C)C)cc1. The number of ether oxygens (including phenoxy) is 1. The lowest BCUT2D eigenvalue weighted by Crippen LogP contribution is -2.57. The van der Waals surface area contributed by atoms with Crippen molar-refractivity contribution in [3.8, 4) is 16.2 Å². The molecule has 0 saturated carbocycles. The number of hydrogen-bond acceptors (Lipinski definition) is 13. The number of amides is 7. The molecule has 4 aliphatic rings. The average Bonchev–Trinajstić information content (AvgIpc) is 1.66. The molecule has 0 radical (unpaired) electrons. The van der Waals surface area contributed by atoms with Gasteiger partial charge in [-0.1, -0.05) is 99.1 Å². The normalized spacial score (nSPS) is 19.0. The number of primary amides is 1. The highest BCUT2D eigenvalue weighted by Crippen LogP contribution is 2.42. The molecule has 9 N–H and O–H groups in total. The summed E-state index contributed by atoms with van der Waals surface area (Å²) in [6.45, 7) is 9.09. The molecule has 0 unspecified atom stereocenters. The van der Waals surface area contributed by atoms with Crippen molar-refractivity contribution in [1.29, 1.82) is 0 Å². The van der Waals surface area contributed by atoms with E-state index in [4.69, 9.17) is 22.1 Å². The van der Waals surface area contributed by atoms with Crippen molar-refractivity contribution in [2.45, 2.75) is 148 Å². The number of hydrogen-bond donors (Lipinski definition) is 8. The third kappa shape index (κ3) is 14.9. The van der Waals surface area contributed by atoms with E-state index in [1.807, 2.05) is 83.1 Å². The van der Waals surface area contributed by atoms with Gasteiger partial charge in [-0.25, -0.2) is 4.98 Å². The highest BCUT2D eigenvalue weighted by Gasteiger charge is 2.46. The van der Waals surface area contributed by atoms with Crippen molar-refractivity contribution in [1.82, 2.24) is 31.2 Å². The predicted octanol–water partition coefficient (Wildman–Crippen LogP) is 6.33. The van der Waals surface area contributed by atoms with Crippen LogP contribution in [0.25, 0.3) is 16.5 Å². The molecule has 0 spiro atoms. The summed E-state index contributed by atoms with van der Waals surface area (Å²) in [6, 6.07) is 17.6. The molecule has 7 amide bonds. The van der Waals surface area contributed by atoms with E-state index >= 15 is 0 Å². The van der Waals surface area contributed by atoms with Gasteiger partial charge < -0.3 is 51.5 Å². The van der Waals surface area contributed by atoms with Crippen molar-refractivity contribution in [2.24, 2.45) is 11.1 Å². The van der Waals surface area contributed by atoms with E-state index < -0.39 is 96.3 Å². The summed E-state index contributed by atoms with van der Waals surface area (Å²) < 4.78 is 17.9. The number of unbranched alkanes of at least 4 members (excludes halogenated alkanes) is 1. The van der Waals surface area contributed by atoms with Crippen LogP contribution in [0.2, 0.25) is 5.02 Å². The Morgan fingerprint density at radius 3 is 2.33 bits per heavy atom. The molecule has 1 saturated heterocycles. The molecule has 87 heavy (non-hydrogen) atoms. The number of anilines is 1. The molecule has 3 aliphatic heterocycles. The standard InChI is InChI=1S/C63H72ClN8O13PS/c1-34(36-16-18-39(19-17-36)55-35(2)66-33-87-55)67-58(77)48-30-46(73)31-71(48)61(80)56(63(3,4)5)70-52(75)15-7-6-10-37-11-9-14-50(53(37)64)85-32-45(23-25-51(65)74)68-59(78)49-29-41-13-8-12-38-22-24-47(60(79)72(49)54(38)41)69-57(76)44-26-40-20-21-42(27-43(40)28-44)62(81)86(82,83)84/h8-9,11-14,16-21,27-28,33-34,45-49,56,73H,6-7,10,15,22-26,29-32H2,1-5H3,(H2,65,74)(H,67,77)(H,68,78)(H,69,76)(H,70,75)(H2,82,83,84)/t34-,45-,46+,47-,48-,49-,56+/m0/s1. The summed E-state index contributed by atoms with van der Waals surface area (Å²) in [6.07, 6.45) is 3.06. The molecule has 1 fully saturated rings. The second-order valence-corrected chi connectivity index (χ2v) is 26.6. The zero-order valence-electron chi connectivity index (χ0n) is 49.0. The minimum atomic E-state index is -5.05. The Morgan fingerprint density at radius 2 is 1.63 bits per heavy atom. The highest BCUT2D eigenvalue weighted by molar-refractivity contribution is 7.70. The first-order valence-corrected chi connectivity index (χ1v) is 31.9. The Morgan fingerprint density at radius 1 is 0.908 bits per heavy atom. The number of thiazole rings is 1. The van der Waals surface area contributed by atoms with Crippen LogP contribution in [0.15, 0.2) is 89.9 Å². The fraction of sp³-hybridized carbons (Fsp3) is 0.413. The first kappa shape index (κ1) is 63.9. The Labute approximate surface area is 513 Å². The van der Waals surface area contributed by atoms with E-state index in [0.29, 0.717) is 53.3 Å². The van der Waals surface area contributed by atoms with Crippen LogP contribution in [0.1, 0.15) is 128 Å². The quantitative estimate of drug-likeness (QED) is 0.0262. The lowest BCUT2D eigenvalue weighted by molar-refractivity contribution is -0.144. The molecule has 460 valence electrons. The van der Waals surface area contributed by atoms with E-state index in [-0.39, 0.29) is 75.1 Å². The van der Waals surface area contributed by atoms with Gasteiger partial charge in [-0.3, -0.25) is 47.8 Å². The summed E-state index contributed by atoms with van der Waals surface area (Å²) >= 11 is 8.49. The minimum absolute atomic E-state index is 0.0507. The molecule has 9 rings (SSSR count). The van der Waals surface area contributed by atoms with Crippen LogP contribution >= 0.6 is 30.5 Å². The van der Waals surface area contributed by atoms with Crippen LogP contribution < -0.4 is 36.6 Å². The Bertz CT molecular complexity index is 3600. The molecule has 5 aromatic rings. The molecular formula is C63H72ClN8O13PS. The second kappa shape index (κ2) is 26.8. The van der Waals surface area contributed by atoms with Gasteiger partial charge >= 0.3 is 7.60 Å². The van der Waals surface area contributed by atoms with Crippen LogP contribution in [0.4, 0.5) is 5.69 Å². The predicted molar refractivity (Wildman–Crippen MR) is 327 cm³/mol. The van der Waals surface area contributed by atoms with E-state index in [9.17, 15) is 57.8 Å². The summed E-state index contributed by atoms with van der Waals surface area (Å²) in [5.74, 6) is -3.12. The van der Waals surface area contributed by atoms with Crippen LogP contribution in [-0.2, 0) is 63.8 Å². The molecule has 21 nitrogen and oxygen atoms in total. The molecule has 1 aliphatic carbocycles. The maximum atomic E-state index is 14.6. The zero-order chi connectivity index (χ0) is 62.6. The minimum Gasteiger partial charge on any atom is -0.490 e. The van der Waals surface area contributed by atoms with Gasteiger partial charge in [-0.05, 0) is 115 Å². The Balaban J connectivity index is 0.782. The van der Waals surface area contributed by atoms with Crippen LogP contribution in [0, 0.1) is 12.3 Å². The number of aliphatic hydroxyl groups excluding tert-OH is 1. The van der Waals surface area contributed by atoms with Gasteiger partial charge in [0.15, 0.2) is 0 Å². The number of halogens is 1. The van der Waals surface area contributed by atoms with Gasteiger partial charge in [0.05, 0.1) is 45.0 Å². The number of carbonyl (C=O) groups is 8. The van der Waals surface area contributed by atoms with Crippen LogP contribution in [0.3, 0.4) is 0 Å². The summed E-state index contributed by atoms with van der Waals surface area (Å²) in [7, 11) is -5.05. The Kier molecular flexibility index (Phi) is 19.7. The Hall–Kier alpha value is -7.59. The van der Waals surface area contributed by atoms with E-state index in [1.165, 1.54) is 34.1 Å². The number of nitrogens with two attached hydrogens (primary N) is 1. The van der Waals surface area contributed by atoms with E-state index in [0.717, 1.165) is 38.4 Å². The van der Waals surface area contributed by atoms with Crippen molar-refractivity contribution in [2.75, 3.05) is 18.1 Å². The third-order valence-corrected chi connectivity index (χ3v) is 18.6. The number of carbonyl (C=O) groups excluding carboxylic acids is 8. The number of nitrogens with one attached hydrogen (secondary N) is 4. The first-order chi connectivity index (χ1) is 41.2. The number of benzene rings is 4. The smallest absolute Gasteiger partial charge is 0.396 e. The van der Waals surface area contributed by atoms with Crippen molar-refractivity contribution >= 4 is 89.2 Å². The summed E-state index contributed by atoms with van der Waals surface area (Å²) in [5.41, 5.74) is 12.2. The van der Waals surface area contributed by atoms with Crippen molar-refractivity contribution < 1.29 is 62.6 Å². The molecular weight excluding hydrogens is 1180 g/mol. The van der Waals surface area contributed by atoms with E-state index in [1.54, 1.807) is 29.0 Å². The van der Waals surface area contributed by atoms with E-state index in [2.05, 4.69) is 26.3 Å². The summed E-state index contributed by atoms with van der Waals surface area (Å²) in [5, 5.41) is 22.9. The number of aliphatic hydroxyl groups is 1. The maximum absolute atomic E-state index is 14.6.